The van der Waals surface area contributed by atoms with Gasteiger partial charge in [-0.2, -0.15) is 9.61 Å². The van der Waals surface area contributed by atoms with Gasteiger partial charge in [0.05, 0.1) is 31.1 Å². The number of fused-ring (bicyclic) bond motifs is 2. The van der Waals surface area contributed by atoms with Gasteiger partial charge in [-0.1, -0.05) is 30.3 Å². The normalized spacial score (nSPS) is 17.3. The first-order valence-electron chi connectivity index (χ1n) is 12.8. The molecule has 0 spiro atoms. The molecule has 0 unspecified atom stereocenters. The summed E-state index contributed by atoms with van der Waals surface area (Å²) < 4.78 is 14.8. The molecule has 4 heterocycles. The molecule has 2 atom stereocenters. The zero-order chi connectivity index (χ0) is 26.2. The van der Waals surface area contributed by atoms with Crippen molar-refractivity contribution in [3.8, 4) is 11.3 Å². The second-order valence-electron chi connectivity index (χ2n) is 9.72. The van der Waals surface area contributed by atoms with Crippen LogP contribution in [0.2, 0.25) is 0 Å². The van der Waals surface area contributed by atoms with Crippen LogP contribution in [0, 0.1) is 0 Å². The van der Waals surface area contributed by atoms with E-state index in [0.717, 1.165) is 52.9 Å². The average molecular weight is 511 g/mol. The smallest absolute Gasteiger partial charge is 0.343 e. The molecule has 1 aromatic carbocycles. The van der Waals surface area contributed by atoms with E-state index in [2.05, 4.69) is 39.0 Å². The molecule has 9 nitrogen and oxygen atoms in total. The minimum Gasteiger partial charge on any atom is -0.465 e. The summed E-state index contributed by atoms with van der Waals surface area (Å²) in [5, 5.41) is 5.52. The van der Waals surface area contributed by atoms with Crippen LogP contribution in [0.15, 0.2) is 67.1 Å². The first-order chi connectivity index (χ1) is 18.6. The second kappa shape index (κ2) is 9.90. The number of ether oxygens (including phenoxy) is 2. The Balaban J connectivity index is 1.54. The Hall–Kier alpha value is -4.24. The molecule has 4 aromatic heterocycles. The predicted molar refractivity (Wildman–Crippen MR) is 145 cm³/mol. The molecule has 1 fully saturated rings. The van der Waals surface area contributed by atoms with Crippen LogP contribution in [-0.4, -0.2) is 57.5 Å². The van der Waals surface area contributed by atoms with Crippen molar-refractivity contribution in [2.75, 3.05) is 26.2 Å². The summed E-state index contributed by atoms with van der Waals surface area (Å²) in [7, 11) is 5.16. The number of carbonyl (C=O) groups is 1. The van der Waals surface area contributed by atoms with Gasteiger partial charge in [-0.05, 0) is 37.0 Å². The highest BCUT2D eigenvalue weighted by Gasteiger charge is 2.31. The third kappa shape index (κ3) is 4.09. The third-order valence-corrected chi connectivity index (χ3v) is 7.46. The van der Waals surface area contributed by atoms with E-state index in [9.17, 15) is 4.79 Å². The molecule has 0 amide bonds. The van der Waals surface area contributed by atoms with Crippen LogP contribution in [0.5, 0.6) is 0 Å². The van der Waals surface area contributed by atoms with Crippen LogP contribution in [0.25, 0.3) is 27.9 Å². The largest absolute Gasteiger partial charge is 0.465 e. The Morgan fingerprint density at radius 3 is 2.74 bits per heavy atom. The second-order valence-corrected chi connectivity index (χ2v) is 9.72. The fourth-order valence-corrected chi connectivity index (χ4v) is 5.59. The van der Waals surface area contributed by atoms with Gasteiger partial charge in [0.15, 0.2) is 5.65 Å². The lowest BCUT2D eigenvalue weighted by molar-refractivity contribution is 0.0602. The van der Waals surface area contributed by atoms with E-state index in [1.165, 1.54) is 13.3 Å². The summed E-state index contributed by atoms with van der Waals surface area (Å²) in [6.45, 7) is 0.660. The van der Waals surface area contributed by atoms with Crippen molar-refractivity contribution < 1.29 is 14.3 Å². The first-order valence-corrected chi connectivity index (χ1v) is 12.8. The summed E-state index contributed by atoms with van der Waals surface area (Å²) in [4.78, 5) is 24.4. The lowest BCUT2D eigenvalue weighted by Gasteiger charge is -2.21. The summed E-state index contributed by atoms with van der Waals surface area (Å²) in [6, 6.07) is 16.5. The molecule has 0 N–H and O–H groups in total. The van der Waals surface area contributed by atoms with Gasteiger partial charge in [0.25, 0.3) is 0 Å². The summed E-state index contributed by atoms with van der Waals surface area (Å²) >= 11 is 0. The molecule has 5 aromatic rings. The van der Waals surface area contributed by atoms with Crippen molar-refractivity contribution in [3.05, 3.63) is 78.2 Å². The van der Waals surface area contributed by atoms with Crippen LogP contribution >= 0.6 is 0 Å². The number of hydrogen-bond acceptors (Lipinski definition) is 7. The molecule has 1 saturated carbocycles. The molecule has 194 valence electrons. The highest BCUT2D eigenvalue weighted by Crippen LogP contribution is 2.39. The van der Waals surface area contributed by atoms with E-state index in [1.807, 2.05) is 43.6 Å². The van der Waals surface area contributed by atoms with E-state index in [0.29, 0.717) is 17.8 Å². The van der Waals surface area contributed by atoms with E-state index < -0.39 is 5.97 Å². The topological polar surface area (TPSA) is 86.8 Å². The van der Waals surface area contributed by atoms with Crippen LogP contribution in [0.3, 0.4) is 0 Å². The number of anilines is 1. The third-order valence-electron chi connectivity index (χ3n) is 7.46. The minimum atomic E-state index is -0.473. The molecule has 1 aliphatic carbocycles. The van der Waals surface area contributed by atoms with Crippen LogP contribution < -0.4 is 4.90 Å². The number of esters is 1. The molecule has 0 bridgehead atoms. The van der Waals surface area contributed by atoms with Crippen LogP contribution in [0.1, 0.15) is 41.2 Å². The van der Waals surface area contributed by atoms with Crippen molar-refractivity contribution in [3.63, 3.8) is 0 Å². The number of carbonyl (C=O) groups excluding carboxylic acids is 1. The number of methoxy groups -OCH3 is 2. The highest BCUT2D eigenvalue weighted by molar-refractivity contribution is 5.98. The maximum Gasteiger partial charge on any atom is 0.343 e. The Labute approximate surface area is 220 Å². The minimum absolute atomic E-state index is 0.143. The molecule has 0 saturated heterocycles. The summed E-state index contributed by atoms with van der Waals surface area (Å²) in [6.07, 6.45) is 8.79. The Morgan fingerprint density at radius 1 is 1.11 bits per heavy atom. The van der Waals surface area contributed by atoms with Gasteiger partial charge in [-0.3, -0.25) is 0 Å². The lowest BCUT2D eigenvalue weighted by Crippen LogP contribution is -2.20. The fraction of sp³-hybridized carbons (Fsp3) is 0.310. The van der Waals surface area contributed by atoms with E-state index in [4.69, 9.17) is 19.4 Å². The van der Waals surface area contributed by atoms with Crippen molar-refractivity contribution in [2.45, 2.75) is 38.0 Å². The SMILES string of the molecule is COC(=O)c1cnn2c(N(C)Cc3ccccc3)cc(-c3cn([C@H]4CCC[C@@H]4OC)c4ncccc34)nc12. The quantitative estimate of drug-likeness (QED) is 0.288. The molecule has 38 heavy (non-hydrogen) atoms. The fourth-order valence-electron chi connectivity index (χ4n) is 5.59. The Kier molecular flexibility index (Phi) is 6.29. The van der Waals surface area contributed by atoms with Gasteiger partial charge in [0, 0.05) is 50.1 Å². The number of pyridine rings is 1. The number of aromatic nitrogens is 5. The molecule has 0 aliphatic heterocycles. The van der Waals surface area contributed by atoms with Gasteiger partial charge in [0.2, 0.25) is 0 Å². The number of hydrogen-bond donors (Lipinski definition) is 0. The van der Waals surface area contributed by atoms with E-state index in [-0.39, 0.29) is 12.1 Å². The van der Waals surface area contributed by atoms with E-state index in [1.54, 1.807) is 11.6 Å². The highest BCUT2D eigenvalue weighted by atomic mass is 16.5. The predicted octanol–water partition coefficient (Wildman–Crippen LogP) is 4.91. The van der Waals surface area contributed by atoms with Crippen molar-refractivity contribution in [2.24, 2.45) is 0 Å². The molecule has 6 rings (SSSR count). The summed E-state index contributed by atoms with van der Waals surface area (Å²) in [5.74, 6) is 0.337. The van der Waals surface area contributed by atoms with E-state index >= 15 is 0 Å². The van der Waals surface area contributed by atoms with Gasteiger partial charge < -0.3 is 18.9 Å². The van der Waals surface area contributed by atoms with Crippen LogP contribution in [-0.2, 0) is 16.0 Å². The first kappa shape index (κ1) is 24.1. The van der Waals surface area contributed by atoms with Gasteiger partial charge in [0.1, 0.15) is 17.0 Å². The van der Waals surface area contributed by atoms with Gasteiger partial charge in [-0.15, -0.1) is 0 Å². The Bertz CT molecular complexity index is 1610. The van der Waals surface area contributed by atoms with Crippen molar-refractivity contribution >= 4 is 28.5 Å². The summed E-state index contributed by atoms with van der Waals surface area (Å²) in [5.41, 5.74) is 4.52. The van der Waals surface area contributed by atoms with Gasteiger partial charge >= 0.3 is 5.97 Å². The maximum absolute atomic E-state index is 12.6. The molecular weight excluding hydrogens is 480 g/mol. The number of rotatable bonds is 7. The standard InChI is InChI=1S/C29H30N6O3/c1-33(17-19-9-5-4-6-10-19)26-15-23(32-28-21(29(36)38-3)16-31-35(26)28)22-18-34(24-12-7-13-25(24)37-2)27-20(22)11-8-14-30-27/h4-6,8-11,14-16,18,24-25H,7,12-13,17H2,1-3H3/t24-,25-/m0/s1. The Morgan fingerprint density at radius 2 is 1.95 bits per heavy atom. The lowest BCUT2D eigenvalue weighted by atomic mass is 10.1. The zero-order valence-corrected chi connectivity index (χ0v) is 21.7. The number of benzene rings is 1. The maximum atomic E-state index is 12.6. The molecular formula is C29H30N6O3. The van der Waals surface area contributed by atoms with Crippen molar-refractivity contribution in [1.29, 1.82) is 0 Å². The number of nitrogens with zero attached hydrogens (tertiary/aromatic N) is 6. The zero-order valence-electron chi connectivity index (χ0n) is 21.7. The van der Waals surface area contributed by atoms with Crippen LogP contribution in [0.4, 0.5) is 5.82 Å². The van der Waals surface area contributed by atoms with Crippen molar-refractivity contribution in [1.82, 2.24) is 24.1 Å². The monoisotopic (exact) mass is 510 g/mol. The average Bonchev–Trinajstić information content (AvgIpc) is 3.69. The molecule has 9 heteroatoms. The molecule has 1 aliphatic rings. The van der Waals surface area contributed by atoms with Gasteiger partial charge in [-0.25, -0.2) is 14.8 Å². The molecule has 0 radical (unpaired) electrons.